The van der Waals surface area contributed by atoms with Crippen molar-refractivity contribution in [2.75, 3.05) is 53.0 Å². The number of hydrogen-bond donors (Lipinski definition) is 1. The van der Waals surface area contributed by atoms with Crippen molar-refractivity contribution in [2.45, 2.75) is 25.8 Å². The largest absolute Gasteiger partial charge is 0.379 e. The van der Waals surface area contributed by atoms with Crippen LogP contribution in [0.1, 0.15) is 30.7 Å². The smallest absolute Gasteiger partial charge is 0.193 e. The molecule has 5 nitrogen and oxygen atoms in total. The Morgan fingerprint density at radius 1 is 1.52 bits per heavy atom. The van der Waals surface area contributed by atoms with E-state index in [1.54, 1.807) is 0 Å². The standard InChI is InChI=1S/C19H32N4OS/c1-4-6-7-10-22(3)19(20-5-2)21-16-17(18-9-8-15-25-18)23-11-13-24-14-12-23/h4,8-9,15,17H,1,5-7,10-14,16H2,2-3H3,(H,20,21). The van der Waals surface area contributed by atoms with E-state index in [4.69, 9.17) is 9.73 Å². The lowest BCUT2D eigenvalue weighted by Gasteiger charge is -2.33. The number of nitrogens with zero attached hydrogens (tertiary/aromatic N) is 3. The zero-order valence-corrected chi connectivity index (χ0v) is 16.4. The summed E-state index contributed by atoms with van der Waals surface area (Å²) in [5.74, 6) is 0.987. The van der Waals surface area contributed by atoms with E-state index in [1.165, 1.54) is 4.88 Å². The Bertz CT molecular complexity index is 512. The fraction of sp³-hybridized carbons (Fsp3) is 0.632. The molecule has 140 valence electrons. The average Bonchev–Trinajstić information content (AvgIpc) is 3.16. The van der Waals surface area contributed by atoms with Crippen molar-refractivity contribution in [1.82, 2.24) is 15.1 Å². The van der Waals surface area contributed by atoms with Gasteiger partial charge in [-0.15, -0.1) is 17.9 Å². The minimum Gasteiger partial charge on any atom is -0.379 e. The van der Waals surface area contributed by atoms with Gasteiger partial charge >= 0.3 is 0 Å². The van der Waals surface area contributed by atoms with E-state index < -0.39 is 0 Å². The molecule has 2 rings (SSSR count). The highest BCUT2D eigenvalue weighted by atomic mass is 32.1. The molecule has 1 N–H and O–H groups in total. The normalized spacial score (nSPS) is 17.3. The first-order valence-electron chi connectivity index (χ1n) is 9.21. The van der Waals surface area contributed by atoms with Crippen LogP contribution in [0.4, 0.5) is 0 Å². The predicted molar refractivity (Wildman–Crippen MR) is 107 cm³/mol. The van der Waals surface area contributed by atoms with Gasteiger partial charge in [-0.3, -0.25) is 9.89 Å². The highest BCUT2D eigenvalue weighted by Gasteiger charge is 2.23. The first-order chi connectivity index (χ1) is 12.3. The Morgan fingerprint density at radius 2 is 2.32 bits per heavy atom. The molecule has 0 amide bonds. The van der Waals surface area contributed by atoms with Gasteiger partial charge in [0.1, 0.15) is 0 Å². The van der Waals surface area contributed by atoms with E-state index in [1.807, 2.05) is 17.4 Å². The third-order valence-corrected chi connectivity index (χ3v) is 5.34. The molecule has 0 spiro atoms. The van der Waals surface area contributed by atoms with Gasteiger partial charge in [0.15, 0.2) is 5.96 Å². The second kappa shape index (κ2) is 11.3. The number of rotatable bonds is 9. The summed E-state index contributed by atoms with van der Waals surface area (Å²) < 4.78 is 5.52. The van der Waals surface area contributed by atoms with Crippen molar-refractivity contribution in [2.24, 2.45) is 4.99 Å². The fourth-order valence-electron chi connectivity index (χ4n) is 2.98. The average molecular weight is 365 g/mol. The van der Waals surface area contributed by atoms with Crippen LogP contribution < -0.4 is 5.32 Å². The predicted octanol–water partition coefficient (Wildman–Crippen LogP) is 2.98. The second-order valence-electron chi connectivity index (χ2n) is 6.23. The number of thiophene rings is 1. The summed E-state index contributed by atoms with van der Waals surface area (Å²) in [6.45, 7) is 12.1. The van der Waals surface area contributed by atoms with Gasteiger partial charge in [0.2, 0.25) is 0 Å². The number of nitrogens with one attached hydrogen (secondary N) is 1. The summed E-state index contributed by atoms with van der Waals surface area (Å²) in [5.41, 5.74) is 0. The molecule has 25 heavy (non-hydrogen) atoms. The molecule has 6 heteroatoms. The maximum atomic E-state index is 5.52. The summed E-state index contributed by atoms with van der Waals surface area (Å²) in [6.07, 6.45) is 4.11. The Balaban J connectivity index is 2.05. The minimum atomic E-state index is 0.333. The lowest BCUT2D eigenvalue weighted by Crippen LogP contribution is -2.42. The summed E-state index contributed by atoms with van der Waals surface area (Å²) in [5, 5.41) is 5.58. The van der Waals surface area contributed by atoms with Crippen molar-refractivity contribution in [1.29, 1.82) is 0 Å². The van der Waals surface area contributed by atoms with Gasteiger partial charge in [0.25, 0.3) is 0 Å². The first kappa shape index (κ1) is 19.9. The minimum absolute atomic E-state index is 0.333. The van der Waals surface area contributed by atoms with Crippen molar-refractivity contribution < 1.29 is 4.74 Å². The number of aliphatic imine (C=N–C) groups is 1. The number of morpholine rings is 1. The Labute approximate surface area is 156 Å². The Hall–Kier alpha value is -1.37. The summed E-state index contributed by atoms with van der Waals surface area (Å²) in [6, 6.07) is 4.68. The summed E-state index contributed by atoms with van der Waals surface area (Å²) in [7, 11) is 2.11. The van der Waals surface area contributed by atoms with E-state index in [9.17, 15) is 0 Å². The monoisotopic (exact) mass is 364 g/mol. The molecule has 0 bridgehead atoms. The number of hydrogen-bond acceptors (Lipinski definition) is 4. The third kappa shape index (κ3) is 6.45. The van der Waals surface area contributed by atoms with Crippen LogP contribution in [0.5, 0.6) is 0 Å². The molecule has 1 saturated heterocycles. The van der Waals surface area contributed by atoms with E-state index in [0.717, 1.165) is 64.7 Å². The zero-order chi connectivity index (χ0) is 17.9. The maximum Gasteiger partial charge on any atom is 0.193 e. The van der Waals surface area contributed by atoms with Gasteiger partial charge in [0, 0.05) is 38.1 Å². The maximum absolute atomic E-state index is 5.52. The van der Waals surface area contributed by atoms with Crippen LogP contribution in [-0.2, 0) is 4.74 Å². The van der Waals surface area contributed by atoms with Crippen LogP contribution in [0, 0.1) is 0 Å². The van der Waals surface area contributed by atoms with Crippen LogP contribution in [0.25, 0.3) is 0 Å². The molecular formula is C19H32N4OS. The molecule has 0 aliphatic carbocycles. The van der Waals surface area contributed by atoms with Crippen LogP contribution in [-0.4, -0.2) is 68.7 Å². The van der Waals surface area contributed by atoms with E-state index in [0.29, 0.717) is 6.04 Å². The van der Waals surface area contributed by atoms with Crippen LogP contribution in [0.3, 0.4) is 0 Å². The quantitative estimate of drug-likeness (QED) is 0.316. The van der Waals surface area contributed by atoms with Crippen molar-refractivity contribution in [3.05, 3.63) is 35.0 Å². The summed E-state index contributed by atoms with van der Waals surface area (Å²) in [4.78, 5) is 11.1. The van der Waals surface area contributed by atoms with Gasteiger partial charge in [0.05, 0.1) is 25.8 Å². The molecule has 1 aliphatic heterocycles. The molecule has 0 aromatic carbocycles. The van der Waals surface area contributed by atoms with Gasteiger partial charge in [-0.25, -0.2) is 0 Å². The van der Waals surface area contributed by atoms with Gasteiger partial charge in [-0.1, -0.05) is 12.1 Å². The van der Waals surface area contributed by atoms with E-state index in [2.05, 4.69) is 53.2 Å². The Kier molecular flexibility index (Phi) is 9.00. The number of allylic oxidation sites excluding steroid dienone is 1. The summed E-state index contributed by atoms with van der Waals surface area (Å²) >= 11 is 1.82. The molecular weight excluding hydrogens is 332 g/mol. The molecule has 2 heterocycles. The van der Waals surface area contributed by atoms with Gasteiger partial charge in [-0.05, 0) is 31.2 Å². The van der Waals surface area contributed by atoms with Crippen LogP contribution in [0.2, 0.25) is 0 Å². The SMILES string of the molecule is C=CCCCN(C)C(=NCC(c1cccs1)N1CCOCC1)NCC. The second-order valence-corrected chi connectivity index (χ2v) is 7.21. The van der Waals surface area contributed by atoms with Crippen molar-refractivity contribution >= 4 is 17.3 Å². The number of guanidine groups is 1. The molecule has 1 unspecified atom stereocenters. The molecule has 0 saturated carbocycles. The van der Waals surface area contributed by atoms with E-state index in [-0.39, 0.29) is 0 Å². The Morgan fingerprint density at radius 3 is 2.96 bits per heavy atom. The van der Waals surface area contributed by atoms with Crippen LogP contribution in [0.15, 0.2) is 35.2 Å². The molecule has 1 aromatic rings. The van der Waals surface area contributed by atoms with Gasteiger partial charge in [-0.2, -0.15) is 0 Å². The topological polar surface area (TPSA) is 40.1 Å². The van der Waals surface area contributed by atoms with Crippen molar-refractivity contribution in [3.8, 4) is 0 Å². The van der Waals surface area contributed by atoms with Crippen molar-refractivity contribution in [3.63, 3.8) is 0 Å². The molecule has 1 fully saturated rings. The molecule has 1 atom stereocenters. The highest BCUT2D eigenvalue weighted by Crippen LogP contribution is 2.26. The lowest BCUT2D eigenvalue weighted by atomic mass is 10.2. The highest BCUT2D eigenvalue weighted by molar-refractivity contribution is 7.10. The number of unbranched alkanes of at least 4 members (excludes halogenated alkanes) is 1. The lowest BCUT2D eigenvalue weighted by molar-refractivity contribution is 0.0186. The first-order valence-corrected chi connectivity index (χ1v) is 10.1. The number of ether oxygens (including phenoxy) is 1. The molecule has 1 aliphatic rings. The third-order valence-electron chi connectivity index (χ3n) is 4.37. The molecule has 1 aromatic heterocycles. The zero-order valence-electron chi connectivity index (χ0n) is 15.6. The van der Waals surface area contributed by atoms with Crippen LogP contribution >= 0.6 is 11.3 Å². The van der Waals surface area contributed by atoms with E-state index >= 15 is 0 Å². The fourth-order valence-corrected chi connectivity index (χ4v) is 3.83. The molecule has 0 radical (unpaired) electrons. The van der Waals surface area contributed by atoms with Gasteiger partial charge < -0.3 is 15.0 Å².